The van der Waals surface area contributed by atoms with Crippen LogP contribution in [0.2, 0.25) is 5.02 Å². The average molecular weight is 549 g/mol. The van der Waals surface area contributed by atoms with E-state index in [0.717, 1.165) is 17.5 Å². The van der Waals surface area contributed by atoms with Gasteiger partial charge in [0.25, 0.3) is 0 Å². The number of halogens is 2. The first-order valence-corrected chi connectivity index (χ1v) is 12.0. The van der Waals surface area contributed by atoms with Crippen LogP contribution < -0.4 is 33.4 Å². The van der Waals surface area contributed by atoms with E-state index in [4.69, 9.17) is 11.6 Å². The molecule has 0 aliphatic heterocycles. The predicted octanol–water partition coefficient (Wildman–Crippen LogP) is 4.60. The number of hydrogen-bond donors (Lipinski definition) is 0. The summed E-state index contributed by atoms with van der Waals surface area (Å²) in [6, 6.07) is 19.1. The standard InChI is InChI=1S/C27H34ClN2.HI/c1-29-21-26(19-23-14-7-8-17-27(23)29)30(25-16-10-15-24(28)20-25)18-9-3-6-13-22-11-4-2-5-12-22;/h7-8,10,14-17,19-22H,2-6,9,11-13,18H2,1H3;1H/q+1;/p-1. The van der Waals surface area contributed by atoms with Gasteiger partial charge in [0, 0.05) is 28.7 Å². The van der Waals surface area contributed by atoms with Crippen LogP contribution in [-0.4, -0.2) is 6.54 Å². The molecular weight excluding hydrogens is 515 g/mol. The van der Waals surface area contributed by atoms with Crippen molar-refractivity contribution in [3.05, 3.63) is 65.8 Å². The van der Waals surface area contributed by atoms with Crippen LogP contribution in [0.15, 0.2) is 60.8 Å². The molecule has 1 fully saturated rings. The molecule has 2 nitrogen and oxygen atoms in total. The number of pyridine rings is 1. The predicted molar refractivity (Wildman–Crippen MR) is 129 cm³/mol. The van der Waals surface area contributed by atoms with Crippen LogP contribution in [0.1, 0.15) is 57.8 Å². The fourth-order valence-electron chi connectivity index (χ4n) is 4.95. The van der Waals surface area contributed by atoms with Crippen molar-refractivity contribution in [2.45, 2.75) is 57.8 Å². The molecule has 1 saturated carbocycles. The second-order valence-corrected chi connectivity index (χ2v) is 9.29. The molecule has 1 aromatic heterocycles. The maximum Gasteiger partial charge on any atom is 0.212 e. The van der Waals surface area contributed by atoms with E-state index in [1.807, 2.05) is 6.07 Å². The number of unbranched alkanes of at least 4 members (excludes halogenated alkanes) is 2. The smallest absolute Gasteiger partial charge is 0.212 e. The molecular formula is C27H34ClIN2. The fourth-order valence-corrected chi connectivity index (χ4v) is 5.13. The van der Waals surface area contributed by atoms with Crippen LogP contribution in [0.4, 0.5) is 11.4 Å². The molecule has 0 amide bonds. The number of rotatable bonds is 8. The van der Waals surface area contributed by atoms with E-state index < -0.39 is 0 Å². The first-order chi connectivity index (χ1) is 14.7. The Bertz CT molecular complexity index is 968. The summed E-state index contributed by atoms with van der Waals surface area (Å²) in [5.41, 5.74) is 3.65. The summed E-state index contributed by atoms with van der Waals surface area (Å²) in [6.07, 6.45) is 14.8. The number of benzene rings is 2. The molecule has 0 N–H and O–H groups in total. The monoisotopic (exact) mass is 548 g/mol. The molecule has 4 rings (SSSR count). The summed E-state index contributed by atoms with van der Waals surface area (Å²) in [5.74, 6) is 0.988. The lowest BCUT2D eigenvalue weighted by atomic mass is 9.85. The zero-order valence-electron chi connectivity index (χ0n) is 18.6. The number of aryl methyl sites for hydroxylation is 1. The summed E-state index contributed by atoms with van der Waals surface area (Å²) in [4.78, 5) is 2.43. The van der Waals surface area contributed by atoms with Crippen molar-refractivity contribution in [2.24, 2.45) is 13.0 Å². The third-order valence-corrected chi connectivity index (χ3v) is 6.83. The second kappa shape index (κ2) is 12.1. The minimum Gasteiger partial charge on any atom is -1.00 e. The van der Waals surface area contributed by atoms with Gasteiger partial charge in [0.05, 0.1) is 0 Å². The fraction of sp³-hybridized carbons (Fsp3) is 0.444. The number of anilines is 2. The number of hydrogen-bond acceptors (Lipinski definition) is 1. The van der Waals surface area contributed by atoms with Crippen LogP contribution in [0.5, 0.6) is 0 Å². The minimum absolute atomic E-state index is 0. The molecule has 0 radical (unpaired) electrons. The summed E-state index contributed by atoms with van der Waals surface area (Å²) >= 11 is 6.34. The van der Waals surface area contributed by atoms with Gasteiger partial charge in [0.1, 0.15) is 12.7 Å². The highest BCUT2D eigenvalue weighted by atomic mass is 127. The van der Waals surface area contributed by atoms with E-state index >= 15 is 0 Å². The van der Waals surface area contributed by atoms with Crippen molar-refractivity contribution < 1.29 is 28.5 Å². The van der Waals surface area contributed by atoms with Crippen molar-refractivity contribution in [3.63, 3.8) is 0 Å². The van der Waals surface area contributed by atoms with Crippen LogP contribution in [0, 0.1) is 5.92 Å². The van der Waals surface area contributed by atoms with Gasteiger partial charge in [-0.05, 0) is 42.7 Å². The zero-order chi connectivity index (χ0) is 20.8. The van der Waals surface area contributed by atoms with Gasteiger partial charge in [-0.25, -0.2) is 0 Å². The quantitative estimate of drug-likeness (QED) is 0.227. The van der Waals surface area contributed by atoms with Gasteiger partial charge < -0.3 is 28.9 Å². The van der Waals surface area contributed by atoms with Gasteiger partial charge in [0.2, 0.25) is 5.52 Å². The molecule has 1 aliphatic carbocycles. The Hall–Kier alpha value is -1.33. The summed E-state index contributed by atoms with van der Waals surface area (Å²) in [5, 5.41) is 2.06. The Morgan fingerprint density at radius 1 is 0.903 bits per heavy atom. The Morgan fingerprint density at radius 2 is 1.71 bits per heavy atom. The van der Waals surface area contributed by atoms with Crippen LogP contribution in [-0.2, 0) is 7.05 Å². The van der Waals surface area contributed by atoms with Crippen LogP contribution in [0.3, 0.4) is 0 Å². The molecule has 0 bridgehead atoms. The minimum atomic E-state index is 0. The van der Waals surface area contributed by atoms with Gasteiger partial charge in [0.15, 0.2) is 6.20 Å². The average Bonchev–Trinajstić information content (AvgIpc) is 2.77. The molecule has 2 aromatic carbocycles. The van der Waals surface area contributed by atoms with Crippen molar-refractivity contribution in [1.82, 2.24) is 0 Å². The Balaban J connectivity index is 0.00000272. The SMILES string of the molecule is C[n+]1cc(N(CCCCCC2CCCCC2)c2cccc(Cl)c2)cc2ccccc21.[I-]. The zero-order valence-corrected chi connectivity index (χ0v) is 21.5. The highest BCUT2D eigenvalue weighted by molar-refractivity contribution is 6.30. The third kappa shape index (κ3) is 6.58. The van der Waals surface area contributed by atoms with E-state index in [1.165, 1.54) is 80.1 Å². The summed E-state index contributed by atoms with van der Waals surface area (Å²) < 4.78 is 2.23. The molecule has 166 valence electrons. The van der Waals surface area contributed by atoms with Crippen molar-refractivity contribution in [1.29, 1.82) is 0 Å². The lowest BCUT2D eigenvalue weighted by molar-refractivity contribution is -0.644. The lowest BCUT2D eigenvalue weighted by Crippen LogP contribution is -3.00. The van der Waals surface area contributed by atoms with Crippen LogP contribution in [0.25, 0.3) is 10.9 Å². The van der Waals surface area contributed by atoms with Gasteiger partial charge in [-0.3, -0.25) is 0 Å². The molecule has 4 heteroatoms. The Morgan fingerprint density at radius 3 is 2.52 bits per heavy atom. The molecule has 1 heterocycles. The number of nitrogens with zero attached hydrogens (tertiary/aromatic N) is 2. The maximum absolute atomic E-state index is 6.34. The maximum atomic E-state index is 6.34. The van der Waals surface area contributed by atoms with E-state index in [9.17, 15) is 0 Å². The highest BCUT2D eigenvalue weighted by Crippen LogP contribution is 2.30. The Kier molecular flexibility index (Phi) is 9.46. The summed E-state index contributed by atoms with van der Waals surface area (Å²) in [6.45, 7) is 1.02. The Labute approximate surface area is 209 Å². The summed E-state index contributed by atoms with van der Waals surface area (Å²) in [7, 11) is 2.13. The molecule has 0 spiro atoms. The molecule has 31 heavy (non-hydrogen) atoms. The van der Waals surface area contributed by atoms with E-state index in [0.29, 0.717) is 0 Å². The van der Waals surface area contributed by atoms with Gasteiger partial charge in [-0.1, -0.05) is 81.2 Å². The third-order valence-electron chi connectivity index (χ3n) is 6.60. The van der Waals surface area contributed by atoms with E-state index in [2.05, 4.69) is 71.2 Å². The molecule has 1 aliphatic rings. The largest absolute Gasteiger partial charge is 1.00 e. The lowest BCUT2D eigenvalue weighted by Gasteiger charge is -2.25. The number of para-hydroxylation sites is 1. The number of aromatic nitrogens is 1. The normalized spacial score (nSPS) is 14.4. The number of fused-ring (bicyclic) bond motifs is 1. The second-order valence-electron chi connectivity index (χ2n) is 8.85. The highest BCUT2D eigenvalue weighted by Gasteiger charge is 2.16. The van der Waals surface area contributed by atoms with Gasteiger partial charge in [-0.15, -0.1) is 0 Å². The topological polar surface area (TPSA) is 7.12 Å². The van der Waals surface area contributed by atoms with Crippen molar-refractivity contribution >= 4 is 33.9 Å². The van der Waals surface area contributed by atoms with E-state index in [1.54, 1.807) is 0 Å². The molecule has 0 unspecified atom stereocenters. The molecule has 0 atom stereocenters. The van der Waals surface area contributed by atoms with Crippen LogP contribution >= 0.6 is 11.6 Å². The van der Waals surface area contributed by atoms with Crippen molar-refractivity contribution in [3.8, 4) is 0 Å². The van der Waals surface area contributed by atoms with Gasteiger partial charge in [-0.2, -0.15) is 4.57 Å². The first-order valence-electron chi connectivity index (χ1n) is 11.6. The first kappa shape index (κ1) is 24.3. The van der Waals surface area contributed by atoms with E-state index in [-0.39, 0.29) is 24.0 Å². The van der Waals surface area contributed by atoms with Gasteiger partial charge >= 0.3 is 0 Å². The molecule has 0 saturated heterocycles. The molecule has 3 aromatic rings. The van der Waals surface area contributed by atoms with Crippen molar-refractivity contribution in [2.75, 3.05) is 11.4 Å².